The average molecular weight is 205 g/mol. The molecule has 0 aromatic carbocycles. The molecule has 0 fully saturated rings. The van der Waals surface area contributed by atoms with Crippen molar-refractivity contribution in [3.63, 3.8) is 0 Å². The summed E-state index contributed by atoms with van der Waals surface area (Å²) in [6.45, 7) is 2.68. The molecule has 2 aromatic heterocycles. The van der Waals surface area contributed by atoms with Crippen LogP contribution in [-0.4, -0.2) is 34.2 Å². The van der Waals surface area contributed by atoms with Gasteiger partial charge in [-0.15, -0.1) is 0 Å². The second-order valence-corrected chi connectivity index (χ2v) is 3.61. The molecule has 2 heterocycles. The first-order valence-electron chi connectivity index (χ1n) is 4.95. The monoisotopic (exact) mass is 205 g/mol. The summed E-state index contributed by atoms with van der Waals surface area (Å²) in [4.78, 5) is 6.42. The van der Waals surface area contributed by atoms with Gasteiger partial charge in [0.05, 0.1) is 6.20 Å². The molecule has 0 aliphatic carbocycles. The smallest absolute Gasteiger partial charge is 0.154 e. The topological polar surface area (TPSA) is 59.5 Å². The van der Waals surface area contributed by atoms with Gasteiger partial charge in [-0.25, -0.2) is 9.50 Å². The zero-order valence-electron chi connectivity index (χ0n) is 8.96. The lowest BCUT2D eigenvalue weighted by molar-refractivity contribution is 0.687. The zero-order chi connectivity index (χ0) is 10.8. The van der Waals surface area contributed by atoms with Crippen molar-refractivity contribution in [3.8, 4) is 0 Å². The Labute approximate surface area is 88.5 Å². The number of nitrogens with two attached hydrogens (primary N) is 1. The Kier molecular flexibility index (Phi) is 2.55. The zero-order valence-corrected chi connectivity index (χ0v) is 8.96. The van der Waals surface area contributed by atoms with Crippen LogP contribution in [0.4, 0.5) is 5.82 Å². The summed E-state index contributed by atoms with van der Waals surface area (Å²) in [7, 11) is 1.99. The average Bonchev–Trinajstić information content (AvgIpc) is 2.74. The fraction of sp³-hybridized carbons (Fsp3) is 0.400. The molecular formula is C10H15N5. The Morgan fingerprint density at radius 1 is 1.53 bits per heavy atom. The second-order valence-electron chi connectivity index (χ2n) is 3.61. The van der Waals surface area contributed by atoms with Crippen LogP contribution in [0.15, 0.2) is 24.7 Å². The quantitative estimate of drug-likeness (QED) is 0.793. The number of rotatable bonds is 3. The van der Waals surface area contributed by atoms with E-state index in [1.165, 1.54) is 0 Å². The van der Waals surface area contributed by atoms with Gasteiger partial charge in [-0.3, -0.25) is 0 Å². The maximum absolute atomic E-state index is 5.64. The van der Waals surface area contributed by atoms with Crippen LogP contribution in [0.25, 0.3) is 5.52 Å². The number of fused-ring (bicyclic) bond motifs is 1. The highest BCUT2D eigenvalue weighted by molar-refractivity contribution is 5.68. The van der Waals surface area contributed by atoms with Crippen LogP contribution in [0.5, 0.6) is 0 Å². The van der Waals surface area contributed by atoms with E-state index in [0.29, 0.717) is 6.54 Å². The van der Waals surface area contributed by atoms with E-state index in [9.17, 15) is 0 Å². The van der Waals surface area contributed by atoms with Crippen LogP contribution >= 0.6 is 0 Å². The molecule has 1 atom stereocenters. The standard InChI is InChI=1S/C10H15N5/c1-8(7-11)14(2)10-9-3-4-13-15(9)6-5-12-10/h3-6,8H,7,11H2,1-2H3. The van der Waals surface area contributed by atoms with E-state index in [4.69, 9.17) is 5.73 Å². The summed E-state index contributed by atoms with van der Waals surface area (Å²) < 4.78 is 1.81. The third-order valence-corrected chi connectivity index (χ3v) is 2.64. The third-order valence-electron chi connectivity index (χ3n) is 2.64. The summed E-state index contributed by atoms with van der Waals surface area (Å²) in [5.74, 6) is 0.910. The molecule has 2 rings (SSSR count). The van der Waals surface area contributed by atoms with Crippen LogP contribution in [-0.2, 0) is 0 Å². The van der Waals surface area contributed by atoms with E-state index >= 15 is 0 Å². The minimum atomic E-state index is 0.263. The molecule has 15 heavy (non-hydrogen) atoms. The number of nitrogens with zero attached hydrogens (tertiary/aromatic N) is 4. The second kappa shape index (κ2) is 3.86. The fourth-order valence-electron chi connectivity index (χ4n) is 1.48. The van der Waals surface area contributed by atoms with E-state index in [2.05, 4.69) is 21.9 Å². The minimum absolute atomic E-state index is 0.263. The molecule has 0 saturated carbocycles. The van der Waals surface area contributed by atoms with Gasteiger partial charge < -0.3 is 10.6 Å². The van der Waals surface area contributed by atoms with Gasteiger partial charge in [0, 0.05) is 32.0 Å². The van der Waals surface area contributed by atoms with Crippen molar-refractivity contribution in [2.45, 2.75) is 13.0 Å². The van der Waals surface area contributed by atoms with E-state index in [1.54, 1.807) is 12.4 Å². The number of aromatic nitrogens is 3. The molecule has 2 aromatic rings. The first-order chi connectivity index (χ1) is 7.24. The molecule has 5 nitrogen and oxygen atoms in total. The van der Waals surface area contributed by atoms with Crippen molar-refractivity contribution in [2.75, 3.05) is 18.5 Å². The Morgan fingerprint density at radius 2 is 2.33 bits per heavy atom. The number of hydrogen-bond acceptors (Lipinski definition) is 4. The van der Waals surface area contributed by atoms with E-state index in [1.807, 2.05) is 23.8 Å². The molecule has 0 aliphatic heterocycles. The van der Waals surface area contributed by atoms with Crippen molar-refractivity contribution in [2.24, 2.45) is 5.73 Å². The third kappa shape index (κ3) is 1.66. The first-order valence-corrected chi connectivity index (χ1v) is 4.95. The SMILES string of the molecule is CC(CN)N(C)c1nccn2nccc12. The Hall–Kier alpha value is -1.62. The lowest BCUT2D eigenvalue weighted by atomic mass is 10.3. The van der Waals surface area contributed by atoms with Gasteiger partial charge in [0.25, 0.3) is 0 Å². The summed E-state index contributed by atoms with van der Waals surface area (Å²) in [6.07, 6.45) is 5.34. The van der Waals surface area contributed by atoms with Crippen molar-refractivity contribution in [1.29, 1.82) is 0 Å². The highest BCUT2D eigenvalue weighted by Gasteiger charge is 2.12. The Bertz CT molecular complexity index is 450. The molecule has 0 aliphatic rings. The van der Waals surface area contributed by atoms with Crippen molar-refractivity contribution >= 4 is 11.3 Å². The van der Waals surface area contributed by atoms with Gasteiger partial charge >= 0.3 is 0 Å². The Balaban J connectivity index is 2.46. The molecule has 2 N–H and O–H groups in total. The molecule has 80 valence electrons. The number of anilines is 1. The number of likely N-dealkylation sites (N-methyl/N-ethyl adjacent to an activating group) is 1. The van der Waals surface area contributed by atoms with Crippen LogP contribution in [0.3, 0.4) is 0 Å². The van der Waals surface area contributed by atoms with Crippen molar-refractivity contribution < 1.29 is 0 Å². The largest absolute Gasteiger partial charge is 0.354 e. The molecule has 0 radical (unpaired) electrons. The highest BCUT2D eigenvalue weighted by atomic mass is 15.3. The predicted molar refractivity (Wildman–Crippen MR) is 59.9 cm³/mol. The predicted octanol–water partition coefficient (Wildman–Crippen LogP) is 0.513. The molecule has 0 spiro atoms. The molecule has 0 bridgehead atoms. The van der Waals surface area contributed by atoms with E-state index in [-0.39, 0.29) is 6.04 Å². The van der Waals surface area contributed by atoms with Gasteiger partial charge in [0.15, 0.2) is 5.82 Å². The fourth-order valence-corrected chi connectivity index (χ4v) is 1.48. The first kappa shape index (κ1) is 9.92. The van der Waals surface area contributed by atoms with Crippen molar-refractivity contribution in [3.05, 3.63) is 24.7 Å². The van der Waals surface area contributed by atoms with Gasteiger partial charge in [-0.05, 0) is 13.0 Å². The lowest BCUT2D eigenvalue weighted by Gasteiger charge is -2.24. The molecule has 5 heteroatoms. The normalized spacial score (nSPS) is 13.0. The summed E-state index contributed by atoms with van der Waals surface area (Å²) in [6, 6.07) is 2.21. The van der Waals surface area contributed by atoms with Crippen LogP contribution in [0, 0.1) is 0 Å². The Morgan fingerprint density at radius 3 is 3.07 bits per heavy atom. The number of hydrogen-bond donors (Lipinski definition) is 1. The molecule has 1 unspecified atom stereocenters. The lowest BCUT2D eigenvalue weighted by Crippen LogP contribution is -2.36. The van der Waals surface area contributed by atoms with E-state index in [0.717, 1.165) is 11.3 Å². The maximum Gasteiger partial charge on any atom is 0.154 e. The summed E-state index contributed by atoms with van der Waals surface area (Å²) >= 11 is 0. The van der Waals surface area contributed by atoms with Crippen LogP contribution in [0.1, 0.15) is 6.92 Å². The van der Waals surface area contributed by atoms with Gasteiger partial charge in [0.2, 0.25) is 0 Å². The molecule has 0 amide bonds. The van der Waals surface area contributed by atoms with Gasteiger partial charge in [-0.1, -0.05) is 0 Å². The van der Waals surface area contributed by atoms with Crippen molar-refractivity contribution in [1.82, 2.24) is 14.6 Å². The van der Waals surface area contributed by atoms with Crippen LogP contribution in [0.2, 0.25) is 0 Å². The summed E-state index contributed by atoms with van der Waals surface area (Å²) in [5.41, 5.74) is 6.64. The minimum Gasteiger partial charge on any atom is -0.354 e. The van der Waals surface area contributed by atoms with Gasteiger partial charge in [0.1, 0.15) is 5.52 Å². The summed E-state index contributed by atoms with van der Waals surface area (Å²) in [5, 5.41) is 4.17. The van der Waals surface area contributed by atoms with E-state index < -0.39 is 0 Å². The van der Waals surface area contributed by atoms with Crippen LogP contribution < -0.4 is 10.6 Å². The maximum atomic E-state index is 5.64. The van der Waals surface area contributed by atoms with Gasteiger partial charge in [-0.2, -0.15) is 5.10 Å². The molecule has 0 saturated heterocycles. The molecular weight excluding hydrogens is 190 g/mol. The highest BCUT2D eigenvalue weighted by Crippen LogP contribution is 2.17.